The summed E-state index contributed by atoms with van der Waals surface area (Å²) in [5, 5.41) is 5.33. The van der Waals surface area contributed by atoms with Gasteiger partial charge in [-0.15, -0.1) is 0 Å². The van der Waals surface area contributed by atoms with Crippen LogP contribution >= 0.6 is 34.5 Å². The number of anilines is 1. The molecule has 0 aliphatic heterocycles. The van der Waals surface area contributed by atoms with Gasteiger partial charge in [-0.25, -0.2) is 4.98 Å². The van der Waals surface area contributed by atoms with E-state index in [1.165, 1.54) is 0 Å². The fourth-order valence-corrected chi connectivity index (χ4v) is 3.87. The lowest BCUT2D eigenvalue weighted by Crippen LogP contribution is -1.99. The van der Waals surface area contributed by atoms with Gasteiger partial charge in [-0.05, 0) is 47.0 Å². The lowest BCUT2D eigenvalue weighted by molar-refractivity contribution is 1.14. The highest BCUT2D eigenvalue weighted by atomic mass is 35.5. The number of thiazole rings is 1. The maximum absolute atomic E-state index is 6.23. The second-order valence-corrected chi connectivity index (χ2v) is 7.32. The van der Waals surface area contributed by atoms with Gasteiger partial charge in [0.15, 0.2) is 5.13 Å². The van der Waals surface area contributed by atoms with Gasteiger partial charge in [-0.1, -0.05) is 52.7 Å². The van der Waals surface area contributed by atoms with E-state index in [0.717, 1.165) is 32.0 Å². The number of aromatic nitrogens is 2. The SMILES string of the molecule is Clc1cccc(CNc2nc3ccc(-c4ccncc4)cc3s2)c1Cl. The van der Waals surface area contributed by atoms with E-state index < -0.39 is 0 Å². The van der Waals surface area contributed by atoms with Crippen molar-refractivity contribution in [2.45, 2.75) is 6.54 Å². The summed E-state index contributed by atoms with van der Waals surface area (Å²) in [6, 6.07) is 15.9. The van der Waals surface area contributed by atoms with Gasteiger partial charge < -0.3 is 5.32 Å². The summed E-state index contributed by atoms with van der Waals surface area (Å²) < 4.78 is 1.13. The zero-order valence-electron chi connectivity index (χ0n) is 13.0. The topological polar surface area (TPSA) is 37.8 Å². The van der Waals surface area contributed by atoms with Crippen molar-refractivity contribution in [1.82, 2.24) is 9.97 Å². The second kappa shape index (κ2) is 7.00. The predicted octanol–water partition coefficient (Wildman–Crippen LogP) is 6.28. The van der Waals surface area contributed by atoms with Crippen LogP contribution in [0.5, 0.6) is 0 Å². The van der Waals surface area contributed by atoms with Gasteiger partial charge in [0, 0.05) is 18.9 Å². The number of nitrogens with one attached hydrogen (secondary N) is 1. The number of hydrogen-bond donors (Lipinski definition) is 1. The molecule has 0 bridgehead atoms. The molecule has 0 saturated carbocycles. The van der Waals surface area contributed by atoms with Crippen molar-refractivity contribution >= 4 is 49.9 Å². The van der Waals surface area contributed by atoms with Crippen molar-refractivity contribution in [3.8, 4) is 11.1 Å². The number of halogens is 2. The summed E-state index contributed by atoms with van der Waals surface area (Å²) >= 11 is 13.9. The van der Waals surface area contributed by atoms with Crippen molar-refractivity contribution in [2.24, 2.45) is 0 Å². The Morgan fingerprint density at radius 1 is 0.960 bits per heavy atom. The maximum Gasteiger partial charge on any atom is 0.184 e. The molecule has 2 heterocycles. The van der Waals surface area contributed by atoms with E-state index in [2.05, 4.69) is 27.4 Å². The normalized spacial score (nSPS) is 11.0. The average molecular weight is 386 g/mol. The Kier molecular flexibility index (Phi) is 4.57. The monoisotopic (exact) mass is 385 g/mol. The lowest BCUT2D eigenvalue weighted by atomic mass is 10.1. The van der Waals surface area contributed by atoms with E-state index in [1.807, 2.05) is 30.3 Å². The van der Waals surface area contributed by atoms with Gasteiger partial charge in [0.1, 0.15) is 0 Å². The minimum Gasteiger partial charge on any atom is -0.357 e. The van der Waals surface area contributed by atoms with Crippen LogP contribution in [0, 0.1) is 0 Å². The van der Waals surface area contributed by atoms with Crippen molar-refractivity contribution < 1.29 is 0 Å². The van der Waals surface area contributed by atoms with Gasteiger partial charge in [0.25, 0.3) is 0 Å². The number of hydrogen-bond acceptors (Lipinski definition) is 4. The van der Waals surface area contributed by atoms with E-state index in [0.29, 0.717) is 16.6 Å². The van der Waals surface area contributed by atoms with Crippen LogP contribution in [-0.4, -0.2) is 9.97 Å². The summed E-state index contributed by atoms with van der Waals surface area (Å²) in [5.41, 5.74) is 4.22. The molecule has 0 aliphatic carbocycles. The van der Waals surface area contributed by atoms with E-state index >= 15 is 0 Å². The predicted molar refractivity (Wildman–Crippen MR) is 107 cm³/mol. The maximum atomic E-state index is 6.23. The van der Waals surface area contributed by atoms with E-state index in [-0.39, 0.29) is 0 Å². The molecule has 124 valence electrons. The van der Waals surface area contributed by atoms with E-state index in [1.54, 1.807) is 29.8 Å². The van der Waals surface area contributed by atoms with E-state index in [4.69, 9.17) is 23.2 Å². The molecule has 2 aromatic heterocycles. The van der Waals surface area contributed by atoms with Crippen LogP contribution in [0.25, 0.3) is 21.3 Å². The Labute approximate surface area is 159 Å². The van der Waals surface area contributed by atoms with Crippen LogP contribution in [0.1, 0.15) is 5.56 Å². The molecular formula is C19H13Cl2N3S. The highest BCUT2D eigenvalue weighted by Gasteiger charge is 2.08. The third-order valence-electron chi connectivity index (χ3n) is 3.86. The molecule has 4 aromatic rings. The molecule has 0 spiro atoms. The number of pyridine rings is 1. The van der Waals surface area contributed by atoms with Crippen molar-refractivity contribution in [3.63, 3.8) is 0 Å². The number of nitrogens with zero attached hydrogens (tertiary/aromatic N) is 2. The summed E-state index contributed by atoms with van der Waals surface area (Å²) in [6.07, 6.45) is 3.60. The van der Waals surface area contributed by atoms with Crippen LogP contribution in [0.3, 0.4) is 0 Å². The van der Waals surface area contributed by atoms with Crippen LogP contribution < -0.4 is 5.32 Å². The molecule has 0 atom stereocenters. The quantitative estimate of drug-likeness (QED) is 0.449. The summed E-state index contributed by atoms with van der Waals surface area (Å²) in [4.78, 5) is 8.70. The molecule has 25 heavy (non-hydrogen) atoms. The van der Waals surface area contributed by atoms with E-state index in [9.17, 15) is 0 Å². The van der Waals surface area contributed by atoms with Crippen LogP contribution in [0.2, 0.25) is 10.0 Å². The summed E-state index contributed by atoms with van der Waals surface area (Å²) in [6.45, 7) is 0.580. The molecule has 4 rings (SSSR count). The number of benzene rings is 2. The number of rotatable bonds is 4. The largest absolute Gasteiger partial charge is 0.357 e. The van der Waals surface area contributed by atoms with Gasteiger partial charge in [0.2, 0.25) is 0 Å². The summed E-state index contributed by atoms with van der Waals surface area (Å²) in [7, 11) is 0. The molecule has 0 amide bonds. The van der Waals surface area contributed by atoms with Crippen LogP contribution in [0.4, 0.5) is 5.13 Å². The first-order valence-corrected chi connectivity index (χ1v) is 9.26. The fraction of sp³-hybridized carbons (Fsp3) is 0.0526. The minimum absolute atomic E-state index is 0.562. The van der Waals surface area contributed by atoms with Gasteiger partial charge in [-0.3, -0.25) is 4.98 Å². The van der Waals surface area contributed by atoms with Crippen LogP contribution in [-0.2, 0) is 6.54 Å². The smallest absolute Gasteiger partial charge is 0.184 e. The standard InChI is InChI=1S/C19H13Cl2N3S/c20-15-3-1-2-14(18(15)21)11-23-19-24-16-5-4-13(10-17(16)25-19)12-6-8-22-9-7-12/h1-10H,11H2,(H,23,24). The zero-order chi connectivity index (χ0) is 17.2. The van der Waals surface area contributed by atoms with Gasteiger partial charge in [-0.2, -0.15) is 0 Å². The van der Waals surface area contributed by atoms with Crippen molar-refractivity contribution in [3.05, 3.63) is 76.5 Å². The van der Waals surface area contributed by atoms with Crippen molar-refractivity contribution in [1.29, 1.82) is 0 Å². The van der Waals surface area contributed by atoms with Crippen LogP contribution in [0.15, 0.2) is 60.9 Å². The Hall–Kier alpha value is -2.14. The first-order chi connectivity index (χ1) is 12.2. The Morgan fingerprint density at radius 3 is 2.64 bits per heavy atom. The highest BCUT2D eigenvalue weighted by Crippen LogP contribution is 2.31. The van der Waals surface area contributed by atoms with Crippen molar-refractivity contribution in [2.75, 3.05) is 5.32 Å². The minimum atomic E-state index is 0.562. The fourth-order valence-electron chi connectivity index (χ4n) is 2.58. The Morgan fingerprint density at radius 2 is 1.80 bits per heavy atom. The number of fused-ring (bicyclic) bond motifs is 1. The molecule has 2 aromatic carbocycles. The molecular weight excluding hydrogens is 373 g/mol. The average Bonchev–Trinajstić information content (AvgIpc) is 3.06. The molecule has 0 saturated heterocycles. The molecule has 0 aliphatic rings. The third kappa shape index (κ3) is 3.47. The Bertz CT molecular complexity index is 1030. The molecule has 0 radical (unpaired) electrons. The Balaban J connectivity index is 1.58. The molecule has 6 heteroatoms. The highest BCUT2D eigenvalue weighted by molar-refractivity contribution is 7.22. The van der Waals surface area contributed by atoms with Gasteiger partial charge in [0.05, 0.1) is 20.3 Å². The molecule has 0 unspecified atom stereocenters. The third-order valence-corrected chi connectivity index (χ3v) is 5.70. The second-order valence-electron chi connectivity index (χ2n) is 5.50. The molecule has 0 fully saturated rings. The summed E-state index contributed by atoms with van der Waals surface area (Å²) in [5.74, 6) is 0. The first-order valence-electron chi connectivity index (χ1n) is 7.68. The first kappa shape index (κ1) is 16.3. The molecule has 3 nitrogen and oxygen atoms in total. The van der Waals surface area contributed by atoms with Gasteiger partial charge >= 0.3 is 0 Å². The lowest BCUT2D eigenvalue weighted by Gasteiger charge is -2.06. The zero-order valence-corrected chi connectivity index (χ0v) is 15.4. The molecule has 1 N–H and O–H groups in total.